The lowest BCUT2D eigenvalue weighted by Crippen LogP contribution is -2.34. The van der Waals surface area contributed by atoms with E-state index in [1.165, 1.54) is 0 Å². The quantitative estimate of drug-likeness (QED) is 0.875. The van der Waals surface area contributed by atoms with Gasteiger partial charge in [0.15, 0.2) is 0 Å². The van der Waals surface area contributed by atoms with E-state index in [0.717, 1.165) is 36.8 Å². The number of aromatic nitrogens is 1. The number of rotatable bonds is 5. The number of hydrogen-bond acceptors (Lipinski definition) is 4. The van der Waals surface area contributed by atoms with Crippen molar-refractivity contribution in [3.63, 3.8) is 0 Å². The Morgan fingerprint density at radius 3 is 2.89 bits per heavy atom. The molecular formula is C20H25N3O4. The van der Waals surface area contributed by atoms with Crippen LogP contribution in [0.2, 0.25) is 0 Å². The number of anilines is 1. The van der Waals surface area contributed by atoms with Crippen molar-refractivity contribution in [2.45, 2.75) is 31.8 Å². The van der Waals surface area contributed by atoms with Crippen LogP contribution in [-0.4, -0.2) is 49.3 Å². The van der Waals surface area contributed by atoms with E-state index in [1.54, 1.807) is 12.0 Å². The van der Waals surface area contributed by atoms with Crippen molar-refractivity contribution in [2.75, 3.05) is 31.7 Å². The molecule has 27 heavy (non-hydrogen) atoms. The molecule has 144 valence electrons. The van der Waals surface area contributed by atoms with E-state index < -0.39 is 0 Å². The number of carbonyl (C=O) groups excluding carboxylic acids is 2. The number of methoxy groups -OCH3 is 1. The van der Waals surface area contributed by atoms with E-state index in [-0.39, 0.29) is 17.9 Å². The highest BCUT2D eigenvalue weighted by Gasteiger charge is 2.31. The lowest BCUT2D eigenvalue weighted by molar-refractivity contribution is -0.117. The molecule has 0 radical (unpaired) electrons. The van der Waals surface area contributed by atoms with Gasteiger partial charge in [-0.2, -0.15) is 0 Å². The molecule has 2 saturated heterocycles. The van der Waals surface area contributed by atoms with Crippen molar-refractivity contribution in [1.29, 1.82) is 0 Å². The highest BCUT2D eigenvalue weighted by Crippen LogP contribution is 2.37. The van der Waals surface area contributed by atoms with Crippen molar-refractivity contribution >= 4 is 28.4 Å². The summed E-state index contributed by atoms with van der Waals surface area (Å²) in [5.74, 6) is 0.573. The third-order valence-electron chi connectivity index (χ3n) is 5.45. The number of fused-ring (bicyclic) bond motifs is 1. The molecule has 2 amide bonds. The maximum absolute atomic E-state index is 13.1. The van der Waals surface area contributed by atoms with E-state index in [1.807, 2.05) is 29.8 Å². The van der Waals surface area contributed by atoms with Gasteiger partial charge in [-0.15, -0.1) is 0 Å². The van der Waals surface area contributed by atoms with Crippen molar-refractivity contribution in [2.24, 2.45) is 7.05 Å². The topological polar surface area (TPSA) is 72.8 Å². The second-order valence-corrected chi connectivity index (χ2v) is 7.13. The van der Waals surface area contributed by atoms with Gasteiger partial charge in [0.2, 0.25) is 5.91 Å². The number of carbonyl (C=O) groups is 2. The number of ether oxygens (including phenoxy) is 2. The molecule has 0 spiro atoms. The first kappa shape index (κ1) is 17.9. The summed E-state index contributed by atoms with van der Waals surface area (Å²) in [6.45, 7) is 1.86. The standard InChI is InChI=1S/C20H25N3O4/c1-22-16-8-7-13(26-2)11-15(16)18(23-9-3-6-17(23)24)19(22)20(25)21-12-14-5-4-10-27-14/h7-8,11,14H,3-6,9-10,12H2,1-2H3,(H,21,25)/t14-/m1/s1. The molecule has 2 fully saturated rings. The van der Waals surface area contributed by atoms with Gasteiger partial charge in [0.25, 0.3) is 5.91 Å². The van der Waals surface area contributed by atoms with Crippen LogP contribution in [0.5, 0.6) is 5.75 Å². The summed E-state index contributed by atoms with van der Waals surface area (Å²) in [5, 5.41) is 3.85. The van der Waals surface area contributed by atoms with Crippen LogP contribution in [0.3, 0.4) is 0 Å². The summed E-state index contributed by atoms with van der Waals surface area (Å²) in [4.78, 5) is 27.3. The van der Waals surface area contributed by atoms with Gasteiger partial charge in [0.05, 0.1) is 24.4 Å². The Labute approximate surface area is 158 Å². The van der Waals surface area contributed by atoms with Gasteiger partial charge in [-0.3, -0.25) is 9.59 Å². The van der Waals surface area contributed by atoms with Crippen LogP contribution in [0.1, 0.15) is 36.2 Å². The average molecular weight is 371 g/mol. The Morgan fingerprint density at radius 1 is 1.37 bits per heavy atom. The predicted molar refractivity (Wildman–Crippen MR) is 102 cm³/mol. The molecule has 2 aliphatic heterocycles. The number of hydrogen-bond donors (Lipinski definition) is 1. The summed E-state index contributed by atoms with van der Waals surface area (Å²) < 4.78 is 12.8. The maximum Gasteiger partial charge on any atom is 0.270 e. The van der Waals surface area contributed by atoms with E-state index in [4.69, 9.17) is 9.47 Å². The molecule has 1 aromatic carbocycles. The van der Waals surface area contributed by atoms with Gasteiger partial charge >= 0.3 is 0 Å². The van der Waals surface area contributed by atoms with Crippen LogP contribution in [0.15, 0.2) is 18.2 Å². The molecule has 4 rings (SSSR count). The predicted octanol–water partition coefficient (Wildman–Crippen LogP) is 2.22. The minimum Gasteiger partial charge on any atom is -0.497 e. The molecule has 0 bridgehead atoms. The Kier molecular flexibility index (Phi) is 4.78. The Bertz CT molecular complexity index is 883. The van der Waals surface area contributed by atoms with Gasteiger partial charge in [-0.05, 0) is 37.5 Å². The van der Waals surface area contributed by atoms with Crippen molar-refractivity contribution in [1.82, 2.24) is 9.88 Å². The highest BCUT2D eigenvalue weighted by atomic mass is 16.5. The lowest BCUT2D eigenvalue weighted by atomic mass is 10.2. The largest absolute Gasteiger partial charge is 0.497 e. The number of aryl methyl sites for hydroxylation is 1. The van der Waals surface area contributed by atoms with Crippen LogP contribution < -0.4 is 15.0 Å². The molecule has 0 unspecified atom stereocenters. The lowest BCUT2D eigenvalue weighted by Gasteiger charge is -2.18. The molecule has 3 heterocycles. The first-order valence-corrected chi connectivity index (χ1v) is 9.46. The van der Waals surface area contributed by atoms with Crippen molar-refractivity contribution < 1.29 is 19.1 Å². The molecule has 7 nitrogen and oxygen atoms in total. The zero-order valence-electron chi connectivity index (χ0n) is 15.8. The Balaban J connectivity index is 1.76. The normalized spacial score (nSPS) is 19.9. The van der Waals surface area contributed by atoms with Gasteiger partial charge in [-0.1, -0.05) is 0 Å². The summed E-state index contributed by atoms with van der Waals surface area (Å²) in [5.41, 5.74) is 2.08. The maximum atomic E-state index is 13.1. The fraction of sp³-hybridized carbons (Fsp3) is 0.500. The molecule has 2 aliphatic rings. The zero-order valence-corrected chi connectivity index (χ0v) is 15.8. The van der Waals surface area contributed by atoms with Gasteiger partial charge in [-0.25, -0.2) is 0 Å². The van der Waals surface area contributed by atoms with Gasteiger partial charge in [0.1, 0.15) is 11.4 Å². The molecule has 0 saturated carbocycles. The van der Waals surface area contributed by atoms with Gasteiger partial charge in [0, 0.05) is 38.6 Å². The van der Waals surface area contributed by atoms with E-state index in [9.17, 15) is 9.59 Å². The molecule has 7 heteroatoms. The van der Waals surface area contributed by atoms with Crippen LogP contribution >= 0.6 is 0 Å². The fourth-order valence-electron chi connectivity index (χ4n) is 4.04. The molecule has 1 aromatic heterocycles. The highest BCUT2D eigenvalue weighted by molar-refractivity contribution is 6.14. The van der Waals surface area contributed by atoms with E-state index in [2.05, 4.69) is 5.32 Å². The monoisotopic (exact) mass is 371 g/mol. The first-order chi connectivity index (χ1) is 13.1. The number of amides is 2. The summed E-state index contributed by atoms with van der Waals surface area (Å²) in [6.07, 6.45) is 3.38. The Morgan fingerprint density at radius 2 is 2.22 bits per heavy atom. The summed E-state index contributed by atoms with van der Waals surface area (Å²) >= 11 is 0. The number of nitrogens with one attached hydrogen (secondary N) is 1. The molecular weight excluding hydrogens is 346 g/mol. The number of benzene rings is 1. The first-order valence-electron chi connectivity index (χ1n) is 9.46. The molecule has 2 aromatic rings. The summed E-state index contributed by atoms with van der Waals surface area (Å²) in [6, 6.07) is 5.69. The summed E-state index contributed by atoms with van der Waals surface area (Å²) in [7, 11) is 3.47. The SMILES string of the molecule is COc1ccc2c(c1)c(N1CCCC1=O)c(C(=O)NC[C@H]1CCCO1)n2C. The average Bonchev–Trinajstić information content (AvgIpc) is 3.39. The fourth-order valence-corrected chi connectivity index (χ4v) is 4.04. The van der Waals surface area contributed by atoms with E-state index in [0.29, 0.717) is 36.6 Å². The van der Waals surface area contributed by atoms with Crippen molar-refractivity contribution in [3.8, 4) is 5.75 Å². The third kappa shape index (κ3) is 3.16. The zero-order chi connectivity index (χ0) is 19.0. The smallest absolute Gasteiger partial charge is 0.270 e. The van der Waals surface area contributed by atoms with Crippen LogP contribution in [0, 0.1) is 0 Å². The van der Waals surface area contributed by atoms with E-state index >= 15 is 0 Å². The number of nitrogens with zero attached hydrogens (tertiary/aromatic N) is 2. The minimum absolute atomic E-state index is 0.0542. The van der Waals surface area contributed by atoms with Crippen LogP contribution in [-0.2, 0) is 16.6 Å². The second kappa shape index (κ2) is 7.23. The van der Waals surface area contributed by atoms with Gasteiger partial charge < -0.3 is 24.3 Å². The second-order valence-electron chi connectivity index (χ2n) is 7.13. The molecule has 1 atom stereocenters. The molecule has 1 N–H and O–H groups in total. The van der Waals surface area contributed by atoms with Crippen molar-refractivity contribution in [3.05, 3.63) is 23.9 Å². The molecule has 0 aliphatic carbocycles. The third-order valence-corrected chi connectivity index (χ3v) is 5.45. The Hall–Kier alpha value is -2.54. The van der Waals surface area contributed by atoms with Crippen LogP contribution in [0.25, 0.3) is 10.9 Å². The van der Waals surface area contributed by atoms with Crippen LogP contribution in [0.4, 0.5) is 5.69 Å². The minimum atomic E-state index is -0.183.